The van der Waals surface area contributed by atoms with Gasteiger partial charge in [0.05, 0.1) is 6.20 Å². The van der Waals surface area contributed by atoms with E-state index in [0.717, 1.165) is 6.20 Å². The summed E-state index contributed by atoms with van der Waals surface area (Å²) < 4.78 is 13.6. The summed E-state index contributed by atoms with van der Waals surface area (Å²) in [5.74, 6) is -0.766. The van der Waals surface area contributed by atoms with Crippen molar-refractivity contribution in [2.45, 2.75) is 0 Å². The van der Waals surface area contributed by atoms with E-state index in [1.807, 2.05) is 6.07 Å². The monoisotopic (exact) mass is 279 g/mol. The van der Waals surface area contributed by atoms with Gasteiger partial charge in [-0.3, -0.25) is 9.78 Å². The highest BCUT2D eigenvalue weighted by Gasteiger charge is 2.12. The van der Waals surface area contributed by atoms with Gasteiger partial charge < -0.3 is 0 Å². The number of halogens is 2. The van der Waals surface area contributed by atoms with Crippen molar-refractivity contribution in [2.75, 3.05) is 0 Å². The minimum absolute atomic E-state index is 0.243. The second-order valence-electron chi connectivity index (χ2n) is 3.20. The number of pyridine rings is 1. The van der Waals surface area contributed by atoms with E-state index >= 15 is 0 Å². The summed E-state index contributed by atoms with van der Waals surface area (Å²) >= 11 is 3.28. The molecule has 2 aromatic rings. The van der Waals surface area contributed by atoms with Gasteiger partial charge in [0.25, 0.3) is 0 Å². The highest BCUT2D eigenvalue weighted by molar-refractivity contribution is 9.10. The van der Waals surface area contributed by atoms with Crippen molar-refractivity contribution in [2.24, 2.45) is 0 Å². The predicted molar refractivity (Wildman–Crippen MR) is 61.8 cm³/mol. The lowest BCUT2D eigenvalue weighted by Crippen LogP contribution is -2.03. The van der Waals surface area contributed by atoms with Crippen LogP contribution in [-0.4, -0.2) is 10.8 Å². The first-order valence-electron chi connectivity index (χ1n) is 4.58. The molecule has 0 unspecified atom stereocenters. The SMILES string of the molecule is O=C(c1cncc(F)c1)c1ccccc1Br. The molecular weight excluding hydrogens is 273 g/mol. The molecule has 1 heterocycles. The molecule has 0 saturated heterocycles. The third-order valence-electron chi connectivity index (χ3n) is 2.09. The third-order valence-corrected chi connectivity index (χ3v) is 2.78. The molecule has 2 rings (SSSR count). The number of rotatable bonds is 2. The van der Waals surface area contributed by atoms with Crippen molar-refractivity contribution in [1.29, 1.82) is 0 Å². The van der Waals surface area contributed by atoms with E-state index in [4.69, 9.17) is 0 Å². The highest BCUT2D eigenvalue weighted by Crippen LogP contribution is 2.19. The standard InChI is InChI=1S/C12H7BrFNO/c13-11-4-2-1-3-10(11)12(16)8-5-9(14)7-15-6-8/h1-7H. The van der Waals surface area contributed by atoms with Crippen LogP contribution in [0.3, 0.4) is 0 Å². The normalized spacial score (nSPS) is 10.1. The Bertz CT molecular complexity index is 542. The molecule has 80 valence electrons. The van der Waals surface area contributed by atoms with Crippen molar-refractivity contribution < 1.29 is 9.18 Å². The third kappa shape index (κ3) is 2.17. The molecule has 2 nitrogen and oxygen atoms in total. The average Bonchev–Trinajstić information content (AvgIpc) is 2.29. The van der Waals surface area contributed by atoms with Gasteiger partial charge in [0.1, 0.15) is 5.82 Å². The lowest BCUT2D eigenvalue weighted by Gasteiger charge is -2.02. The van der Waals surface area contributed by atoms with Crippen LogP contribution in [0.2, 0.25) is 0 Å². The molecule has 1 aromatic heterocycles. The Morgan fingerprint density at radius 2 is 2.00 bits per heavy atom. The van der Waals surface area contributed by atoms with Crippen molar-refractivity contribution >= 4 is 21.7 Å². The Balaban J connectivity index is 2.44. The number of carbonyl (C=O) groups is 1. The lowest BCUT2D eigenvalue weighted by atomic mass is 10.1. The van der Waals surface area contributed by atoms with Crippen LogP contribution in [0.5, 0.6) is 0 Å². The van der Waals surface area contributed by atoms with Crippen LogP contribution in [-0.2, 0) is 0 Å². The molecule has 4 heteroatoms. The highest BCUT2D eigenvalue weighted by atomic mass is 79.9. The zero-order chi connectivity index (χ0) is 11.5. The second-order valence-corrected chi connectivity index (χ2v) is 4.06. The van der Waals surface area contributed by atoms with Crippen molar-refractivity contribution in [3.05, 3.63) is 64.1 Å². The van der Waals surface area contributed by atoms with Crippen LogP contribution in [0.15, 0.2) is 47.2 Å². The Morgan fingerprint density at radius 3 is 2.69 bits per heavy atom. The number of aromatic nitrogens is 1. The van der Waals surface area contributed by atoms with Crippen LogP contribution in [0.25, 0.3) is 0 Å². The molecule has 0 bridgehead atoms. The molecule has 0 aliphatic heterocycles. The summed E-state index contributed by atoms with van der Waals surface area (Å²) in [5, 5.41) is 0. The number of carbonyl (C=O) groups excluding carboxylic acids is 1. The molecule has 0 aliphatic carbocycles. The van der Waals surface area contributed by atoms with Crippen molar-refractivity contribution in [3.8, 4) is 0 Å². The zero-order valence-electron chi connectivity index (χ0n) is 8.15. The van der Waals surface area contributed by atoms with E-state index in [1.165, 1.54) is 12.3 Å². The van der Waals surface area contributed by atoms with E-state index in [-0.39, 0.29) is 11.3 Å². The van der Waals surface area contributed by atoms with Crippen LogP contribution in [0.4, 0.5) is 4.39 Å². The maximum atomic E-state index is 12.9. The van der Waals surface area contributed by atoms with Crippen molar-refractivity contribution in [3.63, 3.8) is 0 Å². The molecule has 0 fully saturated rings. The quantitative estimate of drug-likeness (QED) is 0.790. The Kier molecular flexibility index (Phi) is 3.10. The molecule has 0 aliphatic rings. The summed E-state index contributed by atoms with van der Waals surface area (Å²) in [6.07, 6.45) is 2.42. The van der Waals surface area contributed by atoms with Gasteiger partial charge in [-0.2, -0.15) is 0 Å². The largest absolute Gasteiger partial charge is 0.289 e. The minimum Gasteiger partial charge on any atom is -0.289 e. The topological polar surface area (TPSA) is 30.0 Å². The van der Waals surface area contributed by atoms with Gasteiger partial charge in [-0.15, -0.1) is 0 Å². The molecule has 0 spiro atoms. The van der Waals surface area contributed by atoms with Crippen LogP contribution >= 0.6 is 15.9 Å². The smallest absolute Gasteiger partial charge is 0.195 e. The van der Waals surface area contributed by atoms with Gasteiger partial charge in [-0.25, -0.2) is 4.39 Å². The van der Waals surface area contributed by atoms with E-state index in [1.54, 1.807) is 18.2 Å². The number of ketones is 1. The van der Waals surface area contributed by atoms with Gasteiger partial charge in [-0.05, 0) is 18.2 Å². The van der Waals surface area contributed by atoms with Gasteiger partial charge in [-0.1, -0.05) is 28.1 Å². The minimum atomic E-state index is -0.516. The molecule has 0 amide bonds. The molecular formula is C12H7BrFNO. The average molecular weight is 280 g/mol. The summed E-state index contributed by atoms with van der Waals surface area (Å²) in [5.41, 5.74) is 0.738. The molecule has 1 aromatic carbocycles. The fourth-order valence-electron chi connectivity index (χ4n) is 1.34. The lowest BCUT2D eigenvalue weighted by molar-refractivity contribution is 0.103. The molecule has 0 saturated carbocycles. The maximum Gasteiger partial charge on any atom is 0.195 e. The van der Waals surface area contributed by atoms with E-state index < -0.39 is 5.82 Å². The summed E-state index contributed by atoms with van der Waals surface area (Å²) in [4.78, 5) is 15.6. The molecule has 0 N–H and O–H groups in total. The Labute approximate surface area is 100 Å². The fraction of sp³-hybridized carbons (Fsp3) is 0. The molecule has 0 radical (unpaired) electrons. The Hall–Kier alpha value is -1.55. The zero-order valence-corrected chi connectivity index (χ0v) is 9.74. The van der Waals surface area contributed by atoms with Crippen LogP contribution in [0.1, 0.15) is 15.9 Å². The first-order valence-corrected chi connectivity index (χ1v) is 5.37. The van der Waals surface area contributed by atoms with Gasteiger partial charge >= 0.3 is 0 Å². The molecule has 0 atom stereocenters. The number of hydrogen-bond donors (Lipinski definition) is 0. The van der Waals surface area contributed by atoms with Crippen molar-refractivity contribution in [1.82, 2.24) is 4.98 Å². The van der Waals surface area contributed by atoms with E-state index in [2.05, 4.69) is 20.9 Å². The number of benzene rings is 1. The second kappa shape index (κ2) is 4.53. The fourth-order valence-corrected chi connectivity index (χ4v) is 1.80. The summed E-state index contributed by atoms with van der Waals surface area (Å²) in [6.45, 7) is 0. The Morgan fingerprint density at radius 1 is 1.25 bits per heavy atom. The predicted octanol–water partition coefficient (Wildman–Crippen LogP) is 3.21. The first-order chi connectivity index (χ1) is 7.68. The maximum absolute atomic E-state index is 12.9. The van der Waals surface area contributed by atoms with Crippen LogP contribution in [0, 0.1) is 5.82 Å². The van der Waals surface area contributed by atoms with E-state index in [0.29, 0.717) is 10.0 Å². The summed E-state index contributed by atoms with van der Waals surface area (Å²) in [7, 11) is 0. The van der Waals surface area contributed by atoms with Gasteiger partial charge in [0.2, 0.25) is 0 Å². The van der Waals surface area contributed by atoms with Gasteiger partial charge in [0.15, 0.2) is 5.78 Å². The van der Waals surface area contributed by atoms with Crippen LogP contribution < -0.4 is 0 Å². The number of hydrogen-bond acceptors (Lipinski definition) is 2. The number of nitrogens with zero attached hydrogens (tertiary/aromatic N) is 1. The molecule has 16 heavy (non-hydrogen) atoms. The summed E-state index contributed by atoms with van der Waals surface area (Å²) in [6, 6.07) is 8.18. The van der Waals surface area contributed by atoms with Gasteiger partial charge in [0, 0.05) is 21.8 Å². The van der Waals surface area contributed by atoms with E-state index in [9.17, 15) is 9.18 Å². The first kappa shape index (κ1) is 11.0.